The molecule has 72 valence electrons. The van der Waals surface area contributed by atoms with E-state index in [2.05, 4.69) is 33.4 Å². The molecular weight excluding hydrogens is 164 g/mol. The summed E-state index contributed by atoms with van der Waals surface area (Å²) >= 11 is 4.38. The third-order valence-corrected chi connectivity index (χ3v) is 4.31. The minimum atomic E-state index is 0.822. The Morgan fingerprint density at radius 1 is 1.25 bits per heavy atom. The zero-order valence-electron chi connectivity index (χ0n) is 8.59. The molecule has 0 heterocycles. The van der Waals surface area contributed by atoms with E-state index in [0.29, 0.717) is 0 Å². The molecule has 0 N–H and O–H groups in total. The largest absolute Gasteiger partial charge is 0.179 e. The highest BCUT2D eigenvalue weighted by atomic mass is 32.1. The van der Waals surface area contributed by atoms with E-state index >= 15 is 0 Å². The van der Waals surface area contributed by atoms with Gasteiger partial charge in [0.15, 0.2) is 0 Å². The zero-order valence-corrected chi connectivity index (χ0v) is 9.48. The number of hydrogen-bond acceptors (Lipinski definition) is 1. The van der Waals surface area contributed by atoms with Gasteiger partial charge in [-0.25, -0.2) is 0 Å². The normalized spacial score (nSPS) is 39.5. The van der Waals surface area contributed by atoms with Crippen LogP contribution in [-0.2, 0) is 0 Å². The Labute approximate surface area is 82.5 Å². The van der Waals surface area contributed by atoms with Crippen LogP contribution in [0.3, 0.4) is 0 Å². The summed E-state index contributed by atoms with van der Waals surface area (Å²) in [5, 5.41) is 0. The summed E-state index contributed by atoms with van der Waals surface area (Å²) in [7, 11) is 0. The summed E-state index contributed by atoms with van der Waals surface area (Å²) in [6.07, 6.45) is 4.31. The van der Waals surface area contributed by atoms with Crippen molar-refractivity contribution in [2.75, 3.05) is 5.75 Å². The second-order valence-electron chi connectivity index (χ2n) is 4.69. The van der Waals surface area contributed by atoms with Crippen molar-refractivity contribution in [2.45, 2.75) is 40.0 Å². The van der Waals surface area contributed by atoms with Crippen LogP contribution in [0.15, 0.2) is 0 Å². The third kappa shape index (κ3) is 2.42. The van der Waals surface area contributed by atoms with Crippen LogP contribution in [0.25, 0.3) is 0 Å². The summed E-state index contributed by atoms with van der Waals surface area (Å²) in [4.78, 5) is 0. The molecular formula is C11H22S. The Bertz CT molecular complexity index is 133. The van der Waals surface area contributed by atoms with Crippen molar-refractivity contribution in [3.05, 3.63) is 0 Å². The van der Waals surface area contributed by atoms with E-state index in [1.165, 1.54) is 19.3 Å². The minimum Gasteiger partial charge on any atom is -0.179 e. The van der Waals surface area contributed by atoms with Crippen LogP contribution in [0.2, 0.25) is 0 Å². The van der Waals surface area contributed by atoms with Crippen molar-refractivity contribution in [1.29, 1.82) is 0 Å². The van der Waals surface area contributed by atoms with Crippen molar-refractivity contribution in [2.24, 2.45) is 23.7 Å². The van der Waals surface area contributed by atoms with Crippen LogP contribution in [0.4, 0.5) is 0 Å². The molecule has 4 atom stereocenters. The fourth-order valence-corrected chi connectivity index (χ4v) is 2.55. The average Bonchev–Trinajstić information content (AvgIpc) is 2.08. The first kappa shape index (κ1) is 10.4. The molecule has 0 nitrogen and oxygen atoms in total. The van der Waals surface area contributed by atoms with Crippen LogP contribution < -0.4 is 0 Å². The van der Waals surface area contributed by atoms with Gasteiger partial charge in [0.1, 0.15) is 0 Å². The molecule has 1 fully saturated rings. The van der Waals surface area contributed by atoms with Crippen molar-refractivity contribution in [3.8, 4) is 0 Å². The lowest BCUT2D eigenvalue weighted by Gasteiger charge is -2.34. The van der Waals surface area contributed by atoms with Crippen LogP contribution in [0, 0.1) is 23.7 Å². The van der Waals surface area contributed by atoms with Crippen molar-refractivity contribution in [3.63, 3.8) is 0 Å². The molecule has 0 aromatic carbocycles. The molecule has 0 spiro atoms. The molecule has 0 aromatic heterocycles. The fourth-order valence-electron chi connectivity index (χ4n) is 2.26. The second-order valence-corrected chi connectivity index (χ2v) is 5.05. The van der Waals surface area contributed by atoms with Crippen molar-refractivity contribution >= 4 is 12.6 Å². The Hall–Kier alpha value is 0.350. The van der Waals surface area contributed by atoms with Gasteiger partial charge in [0, 0.05) is 0 Å². The van der Waals surface area contributed by atoms with Gasteiger partial charge in [0.05, 0.1) is 0 Å². The summed E-state index contributed by atoms with van der Waals surface area (Å²) in [5.74, 6) is 4.72. The Morgan fingerprint density at radius 2 is 1.92 bits per heavy atom. The van der Waals surface area contributed by atoms with E-state index in [0.717, 1.165) is 29.4 Å². The molecule has 0 radical (unpaired) electrons. The van der Waals surface area contributed by atoms with E-state index in [1.807, 2.05) is 0 Å². The zero-order chi connectivity index (χ0) is 9.14. The Kier molecular flexibility index (Phi) is 3.95. The van der Waals surface area contributed by atoms with Gasteiger partial charge in [0.25, 0.3) is 0 Å². The molecule has 0 amide bonds. The highest BCUT2D eigenvalue weighted by Crippen LogP contribution is 2.37. The Morgan fingerprint density at radius 3 is 2.42 bits per heavy atom. The highest BCUT2D eigenvalue weighted by molar-refractivity contribution is 7.80. The molecule has 1 saturated carbocycles. The summed E-state index contributed by atoms with van der Waals surface area (Å²) < 4.78 is 0. The Balaban J connectivity index is 2.39. The number of hydrogen-bond donors (Lipinski definition) is 1. The van der Waals surface area contributed by atoms with Gasteiger partial charge >= 0.3 is 0 Å². The van der Waals surface area contributed by atoms with Gasteiger partial charge in [0.2, 0.25) is 0 Å². The molecule has 1 aliphatic rings. The standard InChI is InChI=1S/C11H22S/c1-8-4-5-11(6-9(8)2)10(3)7-12/h8-12H,4-7H2,1-3H3. The smallest absolute Gasteiger partial charge is 0.00695 e. The lowest BCUT2D eigenvalue weighted by molar-refractivity contribution is 0.173. The second kappa shape index (κ2) is 4.55. The lowest BCUT2D eigenvalue weighted by atomic mass is 9.72. The first-order chi connectivity index (χ1) is 5.65. The minimum absolute atomic E-state index is 0.822. The quantitative estimate of drug-likeness (QED) is 0.626. The van der Waals surface area contributed by atoms with E-state index < -0.39 is 0 Å². The molecule has 1 rings (SSSR count). The third-order valence-electron chi connectivity index (χ3n) is 3.73. The van der Waals surface area contributed by atoms with Crippen molar-refractivity contribution in [1.82, 2.24) is 0 Å². The van der Waals surface area contributed by atoms with Crippen LogP contribution in [0.1, 0.15) is 40.0 Å². The molecule has 4 unspecified atom stereocenters. The molecule has 12 heavy (non-hydrogen) atoms. The van der Waals surface area contributed by atoms with Crippen molar-refractivity contribution < 1.29 is 0 Å². The predicted molar refractivity (Wildman–Crippen MR) is 58.7 cm³/mol. The first-order valence-electron chi connectivity index (χ1n) is 5.26. The lowest BCUT2D eigenvalue weighted by Crippen LogP contribution is -2.25. The van der Waals surface area contributed by atoms with Crippen LogP contribution in [-0.4, -0.2) is 5.75 Å². The fraction of sp³-hybridized carbons (Fsp3) is 1.00. The maximum absolute atomic E-state index is 4.38. The van der Waals surface area contributed by atoms with E-state index in [1.54, 1.807) is 0 Å². The van der Waals surface area contributed by atoms with Crippen LogP contribution >= 0.6 is 12.6 Å². The summed E-state index contributed by atoms with van der Waals surface area (Å²) in [6, 6.07) is 0. The molecule has 0 bridgehead atoms. The maximum atomic E-state index is 4.38. The predicted octanol–water partition coefficient (Wildman–Crippen LogP) is 3.62. The summed E-state index contributed by atoms with van der Waals surface area (Å²) in [6.45, 7) is 7.15. The topological polar surface area (TPSA) is 0 Å². The highest BCUT2D eigenvalue weighted by Gasteiger charge is 2.27. The molecule has 0 aromatic rings. The molecule has 1 aliphatic carbocycles. The monoisotopic (exact) mass is 186 g/mol. The maximum Gasteiger partial charge on any atom is -0.00695 e. The molecule has 1 heteroatoms. The van der Waals surface area contributed by atoms with Gasteiger partial charge in [-0.2, -0.15) is 12.6 Å². The number of thiol groups is 1. The molecule has 0 aliphatic heterocycles. The van der Waals surface area contributed by atoms with Crippen LogP contribution in [0.5, 0.6) is 0 Å². The van der Waals surface area contributed by atoms with Gasteiger partial charge in [-0.1, -0.05) is 27.2 Å². The van der Waals surface area contributed by atoms with Gasteiger partial charge in [-0.15, -0.1) is 0 Å². The molecule has 0 saturated heterocycles. The van der Waals surface area contributed by atoms with E-state index in [4.69, 9.17) is 0 Å². The van der Waals surface area contributed by atoms with E-state index in [9.17, 15) is 0 Å². The SMILES string of the molecule is CC1CCC(C(C)CS)CC1C. The number of rotatable bonds is 2. The average molecular weight is 186 g/mol. The first-order valence-corrected chi connectivity index (χ1v) is 5.89. The van der Waals surface area contributed by atoms with Gasteiger partial charge < -0.3 is 0 Å². The van der Waals surface area contributed by atoms with Gasteiger partial charge in [-0.3, -0.25) is 0 Å². The summed E-state index contributed by atoms with van der Waals surface area (Å²) in [5.41, 5.74) is 0. The van der Waals surface area contributed by atoms with Gasteiger partial charge in [-0.05, 0) is 42.3 Å². The van der Waals surface area contributed by atoms with E-state index in [-0.39, 0.29) is 0 Å².